The summed E-state index contributed by atoms with van der Waals surface area (Å²) >= 11 is 0. The Morgan fingerprint density at radius 3 is 1.05 bits per heavy atom. The average Bonchev–Trinajstić information content (AvgIpc) is 3.46. The number of esters is 2. The van der Waals surface area contributed by atoms with Crippen LogP contribution >= 0.6 is 7.82 Å². The molecule has 0 aromatic rings. The Morgan fingerprint density at radius 1 is 0.390 bits per heavy atom. The van der Waals surface area contributed by atoms with Crippen LogP contribution in [0.1, 0.15) is 335 Å². The number of phosphoric acid groups is 1. The molecule has 2 atom stereocenters. The lowest BCUT2D eigenvalue weighted by Gasteiger charge is -2.28. The van der Waals surface area contributed by atoms with Crippen molar-refractivity contribution in [2.24, 2.45) is 0 Å². The highest BCUT2D eigenvalue weighted by atomic mass is 31.2. The number of allylic oxidation sites excluding steroid dienone is 10. The van der Waals surface area contributed by atoms with Gasteiger partial charge in [0.05, 0.1) is 27.7 Å². The van der Waals surface area contributed by atoms with Crippen LogP contribution in [0.25, 0.3) is 0 Å². The summed E-state index contributed by atoms with van der Waals surface area (Å²) in [6.07, 6.45) is 83.4. The molecule has 10 heteroatoms. The predicted octanol–water partition coefficient (Wildman–Crippen LogP) is 22.0. The van der Waals surface area contributed by atoms with Crippen LogP contribution < -0.4 is 4.89 Å². The van der Waals surface area contributed by atoms with Crippen LogP contribution in [-0.2, 0) is 32.7 Å². The van der Waals surface area contributed by atoms with E-state index in [2.05, 4.69) is 74.6 Å². The zero-order chi connectivity index (χ0) is 59.8. The number of likely N-dealkylation sites (N-methyl/N-ethyl adjacent to an activating group) is 1. The van der Waals surface area contributed by atoms with Crippen LogP contribution in [-0.4, -0.2) is 70.0 Å². The molecular weight excluding hydrogens is 1040 g/mol. The van der Waals surface area contributed by atoms with E-state index in [0.717, 1.165) is 70.6 Å². The van der Waals surface area contributed by atoms with Gasteiger partial charge < -0.3 is 27.9 Å². The van der Waals surface area contributed by atoms with Crippen molar-refractivity contribution < 1.29 is 42.1 Å². The molecule has 0 bridgehead atoms. The van der Waals surface area contributed by atoms with Gasteiger partial charge in [-0.05, 0) is 77.0 Å². The van der Waals surface area contributed by atoms with Crippen molar-refractivity contribution in [3.63, 3.8) is 0 Å². The Hall–Kier alpha value is -2.29. The van der Waals surface area contributed by atoms with E-state index in [1.165, 1.54) is 231 Å². The first-order valence-corrected chi connectivity index (χ1v) is 36.5. The smallest absolute Gasteiger partial charge is 0.306 e. The zero-order valence-corrected chi connectivity index (χ0v) is 55.6. The second kappa shape index (κ2) is 63.2. The Labute approximate surface area is 508 Å². The molecule has 0 aliphatic rings. The van der Waals surface area contributed by atoms with E-state index >= 15 is 0 Å². The molecule has 0 amide bonds. The topological polar surface area (TPSA) is 111 Å². The molecule has 82 heavy (non-hydrogen) atoms. The normalized spacial score (nSPS) is 13.5. The van der Waals surface area contributed by atoms with Gasteiger partial charge in [-0.15, -0.1) is 0 Å². The molecule has 0 aromatic carbocycles. The van der Waals surface area contributed by atoms with Crippen molar-refractivity contribution >= 4 is 19.8 Å². The number of carbonyl (C=O) groups excluding carboxylic acids is 2. The molecule has 0 saturated carbocycles. The lowest BCUT2D eigenvalue weighted by molar-refractivity contribution is -0.870. The second-order valence-corrected chi connectivity index (χ2v) is 26.3. The van der Waals surface area contributed by atoms with Gasteiger partial charge in [-0.3, -0.25) is 14.2 Å². The molecule has 0 heterocycles. The number of phosphoric ester groups is 1. The summed E-state index contributed by atoms with van der Waals surface area (Å²) < 4.78 is 34.2. The summed E-state index contributed by atoms with van der Waals surface area (Å²) in [7, 11) is 1.15. The summed E-state index contributed by atoms with van der Waals surface area (Å²) in [5, 5.41) is 0. The minimum atomic E-state index is -4.65. The number of quaternary nitrogens is 1. The van der Waals surface area contributed by atoms with Gasteiger partial charge in [-0.1, -0.05) is 306 Å². The van der Waals surface area contributed by atoms with E-state index in [0.29, 0.717) is 17.4 Å². The van der Waals surface area contributed by atoms with Crippen LogP contribution in [0.3, 0.4) is 0 Å². The number of ether oxygens (including phenoxy) is 2. The first-order valence-electron chi connectivity index (χ1n) is 35.0. The highest BCUT2D eigenvalue weighted by molar-refractivity contribution is 7.45. The Kier molecular flexibility index (Phi) is 61.5. The highest BCUT2D eigenvalue weighted by Gasteiger charge is 2.22. The van der Waals surface area contributed by atoms with E-state index in [1.54, 1.807) is 0 Å². The van der Waals surface area contributed by atoms with E-state index in [9.17, 15) is 19.0 Å². The molecule has 0 aromatic heterocycles. The molecule has 0 spiro atoms. The lowest BCUT2D eigenvalue weighted by Crippen LogP contribution is -2.37. The average molecular weight is 1170 g/mol. The third-order valence-corrected chi connectivity index (χ3v) is 16.5. The van der Waals surface area contributed by atoms with Crippen molar-refractivity contribution in [3.05, 3.63) is 60.8 Å². The van der Waals surface area contributed by atoms with Crippen LogP contribution in [0.5, 0.6) is 0 Å². The Bertz CT molecular complexity index is 1570. The summed E-state index contributed by atoms with van der Waals surface area (Å²) in [6.45, 7) is 4.13. The number of hydrogen-bond acceptors (Lipinski definition) is 8. The number of unbranched alkanes of at least 4 members (excludes halogenated alkanes) is 41. The minimum absolute atomic E-state index is 0.0365. The molecular formula is C72H134NO8P. The Balaban J connectivity index is 3.86. The maximum absolute atomic E-state index is 12.8. The van der Waals surface area contributed by atoms with E-state index in [1.807, 2.05) is 21.1 Å². The van der Waals surface area contributed by atoms with Gasteiger partial charge >= 0.3 is 11.9 Å². The zero-order valence-electron chi connectivity index (χ0n) is 54.7. The fraction of sp³-hybridized carbons (Fsp3) is 0.833. The molecule has 0 N–H and O–H groups in total. The summed E-state index contributed by atoms with van der Waals surface area (Å²) in [5.41, 5.74) is 0. The molecule has 0 aliphatic heterocycles. The van der Waals surface area contributed by atoms with Crippen LogP contribution in [0.4, 0.5) is 0 Å². The van der Waals surface area contributed by atoms with Gasteiger partial charge in [-0.2, -0.15) is 0 Å². The van der Waals surface area contributed by atoms with E-state index in [4.69, 9.17) is 18.5 Å². The number of nitrogens with zero attached hydrogens (tertiary/aromatic N) is 1. The van der Waals surface area contributed by atoms with Gasteiger partial charge in [-0.25, -0.2) is 0 Å². The van der Waals surface area contributed by atoms with Crippen molar-refractivity contribution in [2.75, 3.05) is 47.5 Å². The van der Waals surface area contributed by atoms with Crippen LogP contribution in [0.2, 0.25) is 0 Å². The maximum Gasteiger partial charge on any atom is 0.306 e. The first-order chi connectivity index (χ1) is 40.0. The van der Waals surface area contributed by atoms with Crippen molar-refractivity contribution in [1.29, 1.82) is 0 Å². The largest absolute Gasteiger partial charge is 0.756 e. The van der Waals surface area contributed by atoms with Gasteiger partial charge in [0.25, 0.3) is 7.82 Å². The number of carbonyl (C=O) groups is 2. The van der Waals surface area contributed by atoms with Crippen LogP contribution in [0.15, 0.2) is 60.8 Å². The van der Waals surface area contributed by atoms with Gasteiger partial charge in [0.1, 0.15) is 19.8 Å². The quantitative estimate of drug-likeness (QED) is 0.0195. The molecule has 0 fully saturated rings. The molecule has 480 valence electrons. The molecule has 9 nitrogen and oxygen atoms in total. The minimum Gasteiger partial charge on any atom is -0.756 e. The third-order valence-electron chi connectivity index (χ3n) is 15.5. The molecule has 0 rings (SSSR count). The molecule has 2 unspecified atom stereocenters. The standard InChI is InChI=1S/C72H134NO8P/c1-6-8-10-12-14-16-18-20-22-24-25-26-27-28-29-30-31-32-33-34-35-36-37-38-39-40-41-42-43-44-45-46-47-49-50-52-54-56-58-60-62-64-71(74)78-68-70(69-80-82(76,77)79-67-66-73(3,4)5)81-72(75)65-63-61-59-57-55-53-51-48-23-21-19-17-15-13-11-9-7-2/h9,11,15,17,21,23-25,51,53,70H,6-8,10,12-14,16,18-20,22,26-50,52,54-69H2,1-5H3/b11-9-,17-15-,23-21-,25-24-,53-51-. The monoisotopic (exact) mass is 1170 g/mol. The van der Waals surface area contributed by atoms with Gasteiger partial charge in [0, 0.05) is 12.8 Å². The predicted molar refractivity (Wildman–Crippen MR) is 351 cm³/mol. The van der Waals surface area contributed by atoms with Gasteiger partial charge in [0.15, 0.2) is 6.10 Å². The molecule has 0 saturated heterocycles. The maximum atomic E-state index is 12.8. The SMILES string of the molecule is CC/C=C\C/C=C\C/C=C\C/C=C\CCCCCCC(=O)OC(COC(=O)CCCCCCCCCCCCCCCCCCCCCCCCCCCCCCC/C=C\CCCCCCCCCC)COP(=O)([O-])OCC[N+](C)(C)C. The first kappa shape index (κ1) is 79.7. The number of hydrogen-bond donors (Lipinski definition) is 0. The van der Waals surface area contributed by atoms with E-state index < -0.39 is 26.5 Å². The summed E-state index contributed by atoms with van der Waals surface area (Å²) in [4.78, 5) is 37.9. The summed E-state index contributed by atoms with van der Waals surface area (Å²) in [5.74, 6) is -0.851. The number of rotatable bonds is 65. The Morgan fingerprint density at radius 2 is 0.695 bits per heavy atom. The van der Waals surface area contributed by atoms with Gasteiger partial charge in [0.2, 0.25) is 0 Å². The van der Waals surface area contributed by atoms with Crippen LogP contribution in [0, 0.1) is 0 Å². The fourth-order valence-corrected chi connectivity index (χ4v) is 10.9. The molecule has 0 aliphatic carbocycles. The highest BCUT2D eigenvalue weighted by Crippen LogP contribution is 2.38. The fourth-order valence-electron chi connectivity index (χ4n) is 10.2. The molecule has 0 radical (unpaired) electrons. The van der Waals surface area contributed by atoms with E-state index in [-0.39, 0.29) is 32.0 Å². The van der Waals surface area contributed by atoms with Crippen molar-refractivity contribution in [3.8, 4) is 0 Å². The lowest BCUT2D eigenvalue weighted by atomic mass is 10.0. The van der Waals surface area contributed by atoms with Crippen molar-refractivity contribution in [2.45, 2.75) is 341 Å². The third kappa shape index (κ3) is 66.8. The van der Waals surface area contributed by atoms with Crippen molar-refractivity contribution in [1.82, 2.24) is 0 Å². The summed E-state index contributed by atoms with van der Waals surface area (Å²) in [6, 6.07) is 0. The second-order valence-electron chi connectivity index (χ2n) is 24.9.